The number of aliphatic hydroxyl groups is 1. The second-order valence-corrected chi connectivity index (χ2v) is 31.8. The molecule has 570 valence electrons. The fraction of sp³-hybridized carbons (Fsp3) is 0.948. The van der Waals surface area contributed by atoms with Gasteiger partial charge in [-0.1, -0.05) is 344 Å². The molecule has 0 aliphatic rings. The van der Waals surface area contributed by atoms with Gasteiger partial charge in [-0.3, -0.25) is 37.3 Å². The molecule has 19 heteroatoms. The van der Waals surface area contributed by atoms with Gasteiger partial charge < -0.3 is 33.8 Å². The summed E-state index contributed by atoms with van der Waals surface area (Å²) in [6, 6.07) is 0. The fourth-order valence-electron chi connectivity index (χ4n) is 11.7. The molecule has 96 heavy (non-hydrogen) atoms. The third-order valence-corrected chi connectivity index (χ3v) is 20.1. The summed E-state index contributed by atoms with van der Waals surface area (Å²) >= 11 is 0. The number of phosphoric ester groups is 2. The van der Waals surface area contributed by atoms with E-state index in [4.69, 9.17) is 37.0 Å². The number of carbonyl (C=O) groups excluding carboxylic acids is 4. The largest absolute Gasteiger partial charge is 0.472 e. The van der Waals surface area contributed by atoms with Gasteiger partial charge >= 0.3 is 39.5 Å². The minimum Gasteiger partial charge on any atom is -0.462 e. The van der Waals surface area contributed by atoms with E-state index in [1.165, 1.54) is 199 Å². The van der Waals surface area contributed by atoms with E-state index in [1.807, 2.05) is 0 Å². The van der Waals surface area contributed by atoms with Crippen LogP contribution in [0.2, 0.25) is 0 Å². The van der Waals surface area contributed by atoms with Gasteiger partial charge in [-0.05, 0) is 43.4 Å². The van der Waals surface area contributed by atoms with E-state index in [0.717, 1.165) is 108 Å². The lowest BCUT2D eigenvalue weighted by atomic mass is 9.99. The van der Waals surface area contributed by atoms with Crippen molar-refractivity contribution in [2.24, 2.45) is 17.8 Å². The van der Waals surface area contributed by atoms with Crippen molar-refractivity contribution >= 4 is 39.5 Å². The summed E-state index contributed by atoms with van der Waals surface area (Å²) in [5.74, 6) is 0.173. The molecular formula is C77H150O17P2. The van der Waals surface area contributed by atoms with Crippen molar-refractivity contribution in [3.05, 3.63) is 0 Å². The van der Waals surface area contributed by atoms with Gasteiger partial charge in [0.15, 0.2) is 12.2 Å². The monoisotopic (exact) mass is 1410 g/mol. The van der Waals surface area contributed by atoms with Gasteiger partial charge in [-0.2, -0.15) is 0 Å². The molecule has 0 fully saturated rings. The Morgan fingerprint density at radius 2 is 0.531 bits per heavy atom. The third-order valence-electron chi connectivity index (χ3n) is 18.2. The highest BCUT2D eigenvalue weighted by Crippen LogP contribution is 2.45. The van der Waals surface area contributed by atoms with Crippen LogP contribution in [-0.4, -0.2) is 96.7 Å². The molecule has 0 aromatic heterocycles. The van der Waals surface area contributed by atoms with Gasteiger partial charge in [0.2, 0.25) is 0 Å². The maximum Gasteiger partial charge on any atom is 0.472 e. The van der Waals surface area contributed by atoms with Gasteiger partial charge in [0, 0.05) is 25.7 Å². The maximum atomic E-state index is 13.1. The van der Waals surface area contributed by atoms with E-state index in [2.05, 4.69) is 48.5 Å². The van der Waals surface area contributed by atoms with Crippen molar-refractivity contribution in [2.75, 3.05) is 39.6 Å². The molecule has 0 radical (unpaired) electrons. The topological polar surface area (TPSA) is 237 Å². The van der Waals surface area contributed by atoms with Crippen LogP contribution in [0.4, 0.5) is 0 Å². The Kier molecular flexibility index (Phi) is 66.2. The van der Waals surface area contributed by atoms with E-state index < -0.39 is 97.5 Å². The first-order chi connectivity index (χ1) is 46.3. The van der Waals surface area contributed by atoms with Gasteiger partial charge in [0.25, 0.3) is 0 Å². The van der Waals surface area contributed by atoms with Gasteiger partial charge in [-0.15, -0.1) is 0 Å². The molecule has 0 saturated carbocycles. The second kappa shape index (κ2) is 67.5. The maximum absolute atomic E-state index is 13.1. The summed E-state index contributed by atoms with van der Waals surface area (Å²) in [6.45, 7) is 11.9. The van der Waals surface area contributed by atoms with Crippen LogP contribution >= 0.6 is 15.6 Å². The molecule has 17 nitrogen and oxygen atoms in total. The fourth-order valence-corrected chi connectivity index (χ4v) is 13.3. The molecule has 0 aromatic carbocycles. The van der Waals surface area contributed by atoms with E-state index >= 15 is 0 Å². The molecule has 0 spiro atoms. The normalized spacial score (nSPS) is 14.3. The smallest absolute Gasteiger partial charge is 0.462 e. The van der Waals surface area contributed by atoms with E-state index in [0.29, 0.717) is 31.6 Å². The number of phosphoric acid groups is 2. The summed E-state index contributed by atoms with van der Waals surface area (Å²) in [5.41, 5.74) is 0. The number of ether oxygens (including phenoxy) is 4. The summed E-state index contributed by atoms with van der Waals surface area (Å²) in [4.78, 5) is 72.9. The van der Waals surface area contributed by atoms with Gasteiger partial charge in [0.05, 0.1) is 26.4 Å². The zero-order chi connectivity index (χ0) is 70.9. The molecule has 0 aliphatic carbocycles. The number of hydrogen-bond donors (Lipinski definition) is 3. The first-order valence-electron chi connectivity index (χ1n) is 39.9. The molecule has 0 amide bonds. The van der Waals surface area contributed by atoms with Crippen molar-refractivity contribution < 1.29 is 80.2 Å². The van der Waals surface area contributed by atoms with Gasteiger partial charge in [-0.25, -0.2) is 9.13 Å². The number of esters is 4. The molecule has 0 bridgehead atoms. The average Bonchev–Trinajstić information content (AvgIpc) is 1.42. The predicted molar refractivity (Wildman–Crippen MR) is 391 cm³/mol. The van der Waals surface area contributed by atoms with Gasteiger partial charge in [0.1, 0.15) is 19.3 Å². The van der Waals surface area contributed by atoms with Crippen LogP contribution in [0.5, 0.6) is 0 Å². The SMILES string of the molecule is CCCCCCCCCCCCCCCCCCCC(=O)O[C@H](COC(=O)CCCCCCCCCCCCCCC(C)C)COP(=O)(O)OC[C@@H](O)COP(=O)(O)OC[C@@H](COC(=O)CCCCCCCCCC(C)C)OC(=O)CCCCCCCCCCCCC(C)CC. The Bertz CT molecular complexity index is 1870. The molecule has 0 rings (SSSR count). The highest BCUT2D eigenvalue weighted by molar-refractivity contribution is 7.47. The zero-order valence-corrected chi connectivity index (χ0v) is 64.6. The van der Waals surface area contributed by atoms with Crippen molar-refractivity contribution in [3.8, 4) is 0 Å². The Labute approximate surface area is 588 Å². The number of carbonyl (C=O) groups is 4. The van der Waals surface area contributed by atoms with Crippen LogP contribution in [-0.2, 0) is 65.4 Å². The molecule has 0 aromatic rings. The summed E-state index contributed by atoms with van der Waals surface area (Å²) < 4.78 is 68.6. The Morgan fingerprint density at radius 1 is 0.302 bits per heavy atom. The number of hydrogen-bond acceptors (Lipinski definition) is 15. The number of rotatable bonds is 75. The van der Waals surface area contributed by atoms with E-state index in [-0.39, 0.29) is 25.7 Å². The van der Waals surface area contributed by atoms with E-state index in [1.54, 1.807) is 0 Å². The summed E-state index contributed by atoms with van der Waals surface area (Å²) in [7, 11) is -9.91. The first kappa shape index (κ1) is 94.1. The van der Waals surface area contributed by atoms with Crippen LogP contribution in [0.15, 0.2) is 0 Å². The van der Waals surface area contributed by atoms with Crippen molar-refractivity contribution in [2.45, 2.75) is 414 Å². The first-order valence-corrected chi connectivity index (χ1v) is 42.9. The average molecular weight is 1410 g/mol. The lowest BCUT2D eigenvalue weighted by Crippen LogP contribution is -2.30. The molecular weight excluding hydrogens is 1260 g/mol. The second-order valence-electron chi connectivity index (χ2n) is 28.9. The highest BCUT2D eigenvalue weighted by atomic mass is 31.2. The minimum atomic E-state index is -4.96. The minimum absolute atomic E-state index is 0.105. The Morgan fingerprint density at radius 3 is 0.792 bits per heavy atom. The summed E-state index contributed by atoms with van der Waals surface area (Å²) in [5, 5.41) is 10.6. The number of aliphatic hydroxyl groups excluding tert-OH is 1. The third kappa shape index (κ3) is 69.2. The zero-order valence-electron chi connectivity index (χ0n) is 62.8. The molecule has 0 saturated heterocycles. The van der Waals surface area contributed by atoms with Crippen LogP contribution < -0.4 is 0 Å². The van der Waals surface area contributed by atoms with Crippen LogP contribution in [0.3, 0.4) is 0 Å². The van der Waals surface area contributed by atoms with Crippen molar-refractivity contribution in [1.29, 1.82) is 0 Å². The standard InChI is InChI=1S/C77H150O17P2/c1-8-10-11-12-13-14-15-16-17-18-19-20-25-31-38-46-53-60-76(81)93-72(64-87-74(79)58-51-44-37-30-24-22-21-23-28-34-41-48-55-68(3)4)66-91-95(83,84)89-62-71(78)63-90-96(85,86)92-67-73(65-88-75(80)59-52-45-40-33-35-42-49-56-69(5)6)94-77(82)61-54-47-39-32-27-26-29-36-43-50-57-70(7)9-2/h68-73,78H,8-67H2,1-7H3,(H,83,84)(H,85,86)/t70?,71-,72-,73-/m1/s1. The molecule has 6 atom stereocenters. The van der Waals surface area contributed by atoms with Crippen LogP contribution in [0.25, 0.3) is 0 Å². The van der Waals surface area contributed by atoms with E-state index in [9.17, 15) is 43.2 Å². The quantitative estimate of drug-likeness (QED) is 0.0222. The molecule has 3 N–H and O–H groups in total. The summed E-state index contributed by atoms with van der Waals surface area (Å²) in [6.07, 6.45) is 54.1. The van der Waals surface area contributed by atoms with Crippen LogP contribution in [0.1, 0.15) is 395 Å². The molecule has 0 aliphatic heterocycles. The molecule has 3 unspecified atom stereocenters. The molecule has 0 heterocycles. The van der Waals surface area contributed by atoms with Crippen LogP contribution in [0, 0.1) is 17.8 Å². The van der Waals surface area contributed by atoms with Crippen molar-refractivity contribution in [1.82, 2.24) is 0 Å². The lowest BCUT2D eigenvalue weighted by molar-refractivity contribution is -0.161. The van der Waals surface area contributed by atoms with Crippen molar-refractivity contribution in [3.63, 3.8) is 0 Å². The lowest BCUT2D eigenvalue weighted by Gasteiger charge is -2.21. The number of unbranched alkanes of at least 4 members (excludes halogenated alkanes) is 42. The Balaban J connectivity index is 5.26. The predicted octanol–water partition coefficient (Wildman–Crippen LogP) is 22.6. The Hall–Kier alpha value is -1.94. The highest BCUT2D eigenvalue weighted by Gasteiger charge is 2.30.